The van der Waals surface area contributed by atoms with Crippen LogP contribution in [0.5, 0.6) is 0 Å². The van der Waals surface area contributed by atoms with Crippen molar-refractivity contribution < 1.29 is 21.6 Å². The van der Waals surface area contributed by atoms with E-state index in [2.05, 4.69) is 15.0 Å². The van der Waals surface area contributed by atoms with Crippen molar-refractivity contribution >= 4 is 15.7 Å². The molecular formula is C17H15F3N4O2S. The fraction of sp³-hybridized carbons (Fsp3) is 0.176. The first-order valence-corrected chi connectivity index (χ1v) is 9.52. The average Bonchev–Trinajstić information content (AvgIpc) is 3.10. The van der Waals surface area contributed by atoms with Crippen LogP contribution in [0.1, 0.15) is 5.56 Å². The standard InChI is InChI=1S/C17H15F3N4O2S/c1-24(27(2,25)26)14-7-12(8-21-9-14)16-22-10-15(23-16)11-4-3-5-13(6-11)17(18,19)20/h3-10H,1-2H3,(H,22,23). The van der Waals surface area contributed by atoms with Gasteiger partial charge in [0.25, 0.3) is 0 Å². The van der Waals surface area contributed by atoms with E-state index in [9.17, 15) is 21.6 Å². The summed E-state index contributed by atoms with van der Waals surface area (Å²) >= 11 is 0. The van der Waals surface area contributed by atoms with Gasteiger partial charge in [-0.3, -0.25) is 9.29 Å². The van der Waals surface area contributed by atoms with E-state index in [4.69, 9.17) is 0 Å². The molecule has 3 aromatic rings. The van der Waals surface area contributed by atoms with Crippen molar-refractivity contribution in [2.75, 3.05) is 17.6 Å². The summed E-state index contributed by atoms with van der Waals surface area (Å²) in [6, 6.07) is 6.46. The van der Waals surface area contributed by atoms with Gasteiger partial charge in [-0.05, 0) is 18.2 Å². The zero-order valence-corrected chi connectivity index (χ0v) is 15.1. The van der Waals surface area contributed by atoms with E-state index in [0.29, 0.717) is 28.3 Å². The van der Waals surface area contributed by atoms with E-state index in [1.807, 2.05) is 0 Å². The summed E-state index contributed by atoms with van der Waals surface area (Å²) in [7, 11) is -2.06. The maximum Gasteiger partial charge on any atom is 0.416 e. The minimum atomic E-state index is -4.44. The van der Waals surface area contributed by atoms with Gasteiger partial charge in [0.1, 0.15) is 5.82 Å². The Kier molecular flexibility index (Phi) is 4.68. The Bertz CT molecular complexity index is 1080. The van der Waals surface area contributed by atoms with E-state index < -0.39 is 21.8 Å². The molecule has 0 unspecified atom stereocenters. The Morgan fingerprint density at radius 1 is 1.07 bits per heavy atom. The van der Waals surface area contributed by atoms with Gasteiger partial charge >= 0.3 is 6.18 Å². The number of nitrogens with one attached hydrogen (secondary N) is 1. The highest BCUT2D eigenvalue weighted by atomic mass is 32.2. The molecule has 1 aromatic carbocycles. The lowest BCUT2D eigenvalue weighted by molar-refractivity contribution is -0.137. The molecule has 0 saturated heterocycles. The van der Waals surface area contributed by atoms with E-state index in [0.717, 1.165) is 22.7 Å². The van der Waals surface area contributed by atoms with Gasteiger partial charge in [-0.2, -0.15) is 13.2 Å². The van der Waals surface area contributed by atoms with Crippen LogP contribution in [0.25, 0.3) is 22.6 Å². The molecule has 2 heterocycles. The molecule has 2 aromatic heterocycles. The molecule has 0 amide bonds. The molecule has 0 aliphatic carbocycles. The van der Waals surface area contributed by atoms with Gasteiger partial charge in [0.2, 0.25) is 10.0 Å². The average molecular weight is 396 g/mol. The molecule has 0 aliphatic rings. The van der Waals surface area contributed by atoms with Crippen LogP contribution in [0.15, 0.2) is 48.9 Å². The summed E-state index contributed by atoms with van der Waals surface area (Å²) in [4.78, 5) is 11.1. The van der Waals surface area contributed by atoms with Crippen molar-refractivity contribution in [2.24, 2.45) is 0 Å². The van der Waals surface area contributed by atoms with Gasteiger partial charge in [0, 0.05) is 24.4 Å². The number of aromatic amines is 1. The minimum Gasteiger partial charge on any atom is -0.338 e. The number of rotatable bonds is 4. The van der Waals surface area contributed by atoms with Crippen LogP contribution >= 0.6 is 0 Å². The summed E-state index contributed by atoms with van der Waals surface area (Å²) in [6.45, 7) is 0. The zero-order valence-electron chi connectivity index (χ0n) is 14.3. The predicted octanol–water partition coefficient (Wildman–Crippen LogP) is 3.55. The van der Waals surface area contributed by atoms with Crippen LogP contribution in [0, 0.1) is 0 Å². The molecule has 3 rings (SSSR count). The number of nitrogens with zero attached hydrogens (tertiary/aromatic N) is 3. The number of alkyl halides is 3. The summed E-state index contributed by atoms with van der Waals surface area (Å²) in [5, 5.41) is 0. The van der Waals surface area contributed by atoms with Crippen molar-refractivity contribution in [1.29, 1.82) is 0 Å². The van der Waals surface area contributed by atoms with Gasteiger partial charge < -0.3 is 4.98 Å². The minimum absolute atomic E-state index is 0.334. The fourth-order valence-electron chi connectivity index (χ4n) is 2.40. The second-order valence-electron chi connectivity index (χ2n) is 5.89. The van der Waals surface area contributed by atoms with Crippen molar-refractivity contribution in [3.63, 3.8) is 0 Å². The number of aromatic nitrogens is 3. The van der Waals surface area contributed by atoms with Crippen LogP contribution in [0.3, 0.4) is 0 Å². The third-order valence-electron chi connectivity index (χ3n) is 3.94. The molecule has 6 nitrogen and oxygen atoms in total. The highest BCUT2D eigenvalue weighted by molar-refractivity contribution is 7.92. The van der Waals surface area contributed by atoms with Crippen molar-refractivity contribution in [1.82, 2.24) is 15.0 Å². The van der Waals surface area contributed by atoms with Crippen LogP contribution in [0.4, 0.5) is 18.9 Å². The Hall–Kier alpha value is -2.88. The number of pyridine rings is 1. The molecule has 0 bridgehead atoms. The van der Waals surface area contributed by atoms with Crippen LogP contribution in [-0.4, -0.2) is 36.7 Å². The SMILES string of the molecule is CN(c1cncc(-c2ncc(-c3cccc(C(F)(F)F)c3)[nH]2)c1)S(C)(=O)=O. The van der Waals surface area contributed by atoms with Gasteiger partial charge in [0.15, 0.2) is 0 Å². The normalized spacial score (nSPS) is 12.2. The molecule has 0 aliphatic heterocycles. The molecule has 27 heavy (non-hydrogen) atoms. The molecule has 1 N–H and O–H groups in total. The Morgan fingerprint density at radius 2 is 1.81 bits per heavy atom. The van der Waals surface area contributed by atoms with E-state index in [1.54, 1.807) is 12.1 Å². The first-order chi connectivity index (χ1) is 12.6. The van der Waals surface area contributed by atoms with E-state index in [-0.39, 0.29) is 0 Å². The Labute approximate surface area is 153 Å². The molecule has 10 heteroatoms. The number of imidazole rings is 1. The Morgan fingerprint density at radius 3 is 2.48 bits per heavy atom. The zero-order chi connectivity index (χ0) is 19.8. The number of H-pyrrole nitrogens is 1. The molecule has 0 radical (unpaired) electrons. The highest BCUT2D eigenvalue weighted by Gasteiger charge is 2.30. The summed E-state index contributed by atoms with van der Waals surface area (Å²) < 4.78 is 63.0. The third kappa shape index (κ3) is 4.11. The van der Waals surface area contributed by atoms with Crippen LogP contribution in [-0.2, 0) is 16.2 Å². The summed E-state index contributed by atoms with van der Waals surface area (Å²) in [5.41, 5.74) is 0.821. The maximum absolute atomic E-state index is 12.9. The number of anilines is 1. The molecule has 0 spiro atoms. The summed E-state index contributed by atoms with van der Waals surface area (Å²) in [6.07, 6.45) is 0.916. The van der Waals surface area contributed by atoms with Crippen LogP contribution in [0.2, 0.25) is 0 Å². The lowest BCUT2D eigenvalue weighted by atomic mass is 10.1. The van der Waals surface area contributed by atoms with Crippen LogP contribution < -0.4 is 4.31 Å². The maximum atomic E-state index is 12.9. The van der Waals surface area contributed by atoms with Crippen molar-refractivity contribution in [3.05, 3.63) is 54.5 Å². The van der Waals surface area contributed by atoms with E-state index in [1.165, 1.54) is 31.7 Å². The number of hydrogen-bond donors (Lipinski definition) is 1. The largest absolute Gasteiger partial charge is 0.416 e. The highest BCUT2D eigenvalue weighted by Crippen LogP contribution is 2.32. The van der Waals surface area contributed by atoms with Gasteiger partial charge in [-0.1, -0.05) is 12.1 Å². The molecule has 0 saturated carbocycles. The first kappa shape index (κ1) is 18.9. The molecule has 0 atom stereocenters. The first-order valence-electron chi connectivity index (χ1n) is 7.67. The van der Waals surface area contributed by atoms with Gasteiger partial charge in [0.05, 0.1) is 35.6 Å². The monoisotopic (exact) mass is 396 g/mol. The molecular weight excluding hydrogens is 381 g/mol. The van der Waals surface area contributed by atoms with Gasteiger partial charge in [-0.15, -0.1) is 0 Å². The number of sulfonamides is 1. The number of halogens is 3. The number of hydrogen-bond acceptors (Lipinski definition) is 4. The molecule has 142 valence electrons. The van der Waals surface area contributed by atoms with E-state index >= 15 is 0 Å². The lowest BCUT2D eigenvalue weighted by Crippen LogP contribution is -2.24. The summed E-state index contributed by atoms with van der Waals surface area (Å²) in [5.74, 6) is 0.360. The lowest BCUT2D eigenvalue weighted by Gasteiger charge is -2.16. The van der Waals surface area contributed by atoms with Crippen molar-refractivity contribution in [2.45, 2.75) is 6.18 Å². The second-order valence-corrected chi connectivity index (χ2v) is 7.90. The third-order valence-corrected chi connectivity index (χ3v) is 5.14. The fourth-order valence-corrected chi connectivity index (χ4v) is 2.88. The quantitative estimate of drug-likeness (QED) is 0.732. The Balaban J connectivity index is 1.95. The topological polar surface area (TPSA) is 79.0 Å². The number of benzene rings is 1. The second kappa shape index (κ2) is 6.69. The molecule has 0 fully saturated rings. The van der Waals surface area contributed by atoms with Gasteiger partial charge in [-0.25, -0.2) is 13.4 Å². The predicted molar refractivity (Wildman–Crippen MR) is 95.5 cm³/mol. The smallest absolute Gasteiger partial charge is 0.338 e. The van der Waals surface area contributed by atoms with Crippen molar-refractivity contribution in [3.8, 4) is 22.6 Å².